The Morgan fingerprint density at radius 1 is 1.23 bits per heavy atom. The van der Waals surface area contributed by atoms with Gasteiger partial charge >= 0.3 is 0 Å². The third-order valence-corrected chi connectivity index (χ3v) is 3.80. The molecule has 0 radical (unpaired) electrons. The molecule has 1 aliphatic heterocycles. The van der Waals surface area contributed by atoms with E-state index in [0.717, 1.165) is 28.5 Å². The molecular weight excluding hydrogens is 282 g/mol. The molecule has 0 spiro atoms. The molecule has 0 bridgehead atoms. The van der Waals surface area contributed by atoms with Gasteiger partial charge in [0.15, 0.2) is 0 Å². The number of hydrogen-bond acceptors (Lipinski definition) is 1. The van der Waals surface area contributed by atoms with E-state index in [9.17, 15) is 8.78 Å². The van der Waals surface area contributed by atoms with Crippen molar-refractivity contribution in [3.63, 3.8) is 0 Å². The fraction of sp³-hybridized carbons (Fsp3) is 0.263. The van der Waals surface area contributed by atoms with Crippen LogP contribution < -0.4 is 0 Å². The van der Waals surface area contributed by atoms with Crippen LogP contribution in [-0.4, -0.2) is 5.60 Å². The highest BCUT2D eigenvalue weighted by Crippen LogP contribution is 2.39. The van der Waals surface area contributed by atoms with E-state index in [1.54, 1.807) is 6.08 Å². The van der Waals surface area contributed by atoms with Crippen LogP contribution in [0.1, 0.15) is 32.8 Å². The zero-order chi connectivity index (χ0) is 15.9. The Morgan fingerprint density at radius 2 is 2.00 bits per heavy atom. The molecule has 0 unspecified atom stereocenters. The lowest BCUT2D eigenvalue weighted by Gasteiger charge is -2.33. The predicted molar refractivity (Wildman–Crippen MR) is 84.0 cm³/mol. The molecule has 22 heavy (non-hydrogen) atoms. The van der Waals surface area contributed by atoms with Gasteiger partial charge in [-0.2, -0.15) is 0 Å². The van der Waals surface area contributed by atoms with Crippen molar-refractivity contribution >= 4 is 6.08 Å². The van der Waals surface area contributed by atoms with Gasteiger partial charge in [0.2, 0.25) is 0 Å². The highest BCUT2D eigenvalue weighted by Gasteiger charge is 2.28. The van der Waals surface area contributed by atoms with Crippen LogP contribution in [0.4, 0.5) is 8.78 Å². The summed E-state index contributed by atoms with van der Waals surface area (Å²) < 4.78 is 32.9. The van der Waals surface area contributed by atoms with Crippen molar-refractivity contribution < 1.29 is 13.5 Å². The minimum absolute atomic E-state index is 0.350. The first-order chi connectivity index (χ1) is 10.4. The predicted octanol–water partition coefficient (Wildman–Crippen LogP) is 5.32. The van der Waals surface area contributed by atoms with Crippen molar-refractivity contribution in [2.75, 3.05) is 0 Å². The van der Waals surface area contributed by atoms with E-state index in [1.165, 1.54) is 12.1 Å². The number of ether oxygens (including phenoxy) is 1. The summed E-state index contributed by atoms with van der Waals surface area (Å²) in [5, 5.41) is 0. The lowest BCUT2D eigenvalue weighted by molar-refractivity contribution is 0.0797. The SMILES string of the molecule is CC1=CC(C)(C)OC2=C1C(=Cc1ccc(F)cc1F)CC=C2. The van der Waals surface area contributed by atoms with Crippen LogP contribution in [0.5, 0.6) is 0 Å². The molecule has 114 valence electrons. The molecule has 0 atom stereocenters. The van der Waals surface area contributed by atoms with Gasteiger partial charge in [0.1, 0.15) is 23.0 Å². The minimum Gasteiger partial charge on any atom is -0.483 e. The fourth-order valence-corrected chi connectivity index (χ4v) is 3.01. The largest absolute Gasteiger partial charge is 0.483 e. The molecule has 0 saturated carbocycles. The maximum Gasteiger partial charge on any atom is 0.133 e. The number of halogens is 2. The second-order valence-electron chi connectivity index (χ2n) is 6.21. The van der Waals surface area contributed by atoms with Crippen molar-refractivity contribution in [2.24, 2.45) is 0 Å². The molecule has 1 aromatic rings. The van der Waals surface area contributed by atoms with Crippen molar-refractivity contribution in [3.05, 3.63) is 76.1 Å². The van der Waals surface area contributed by atoms with E-state index in [-0.39, 0.29) is 5.60 Å². The molecule has 1 heterocycles. The first kappa shape index (κ1) is 14.8. The molecular formula is C19H18F2O. The van der Waals surface area contributed by atoms with Crippen LogP contribution in [0.15, 0.2) is 58.9 Å². The van der Waals surface area contributed by atoms with Gasteiger partial charge in [-0.1, -0.05) is 6.08 Å². The number of hydrogen-bond donors (Lipinski definition) is 0. The molecule has 0 aromatic heterocycles. The van der Waals surface area contributed by atoms with Crippen LogP contribution in [0, 0.1) is 11.6 Å². The quantitative estimate of drug-likeness (QED) is 0.682. The summed E-state index contributed by atoms with van der Waals surface area (Å²) in [6.07, 6.45) is 8.50. The van der Waals surface area contributed by atoms with Crippen molar-refractivity contribution in [1.29, 1.82) is 0 Å². The van der Waals surface area contributed by atoms with E-state index >= 15 is 0 Å². The molecule has 0 fully saturated rings. The molecule has 0 saturated heterocycles. The lowest BCUT2D eigenvalue weighted by atomic mass is 9.86. The Kier molecular flexibility index (Phi) is 3.51. The van der Waals surface area contributed by atoms with Crippen LogP contribution in [-0.2, 0) is 4.74 Å². The topological polar surface area (TPSA) is 9.23 Å². The summed E-state index contributed by atoms with van der Waals surface area (Å²) >= 11 is 0. The van der Waals surface area contributed by atoms with Gasteiger partial charge in [-0.25, -0.2) is 8.78 Å². The Bertz CT molecular complexity index is 749. The Morgan fingerprint density at radius 3 is 2.73 bits per heavy atom. The van der Waals surface area contributed by atoms with E-state index in [4.69, 9.17) is 4.74 Å². The van der Waals surface area contributed by atoms with Crippen molar-refractivity contribution in [3.8, 4) is 0 Å². The molecule has 3 heteroatoms. The summed E-state index contributed by atoms with van der Waals surface area (Å²) in [7, 11) is 0. The third kappa shape index (κ3) is 2.76. The minimum atomic E-state index is -0.568. The molecule has 3 rings (SSSR count). The highest BCUT2D eigenvalue weighted by atomic mass is 19.1. The first-order valence-corrected chi connectivity index (χ1v) is 7.31. The van der Waals surface area contributed by atoms with Crippen molar-refractivity contribution in [1.82, 2.24) is 0 Å². The molecule has 1 aromatic carbocycles. The monoisotopic (exact) mass is 300 g/mol. The summed E-state index contributed by atoms with van der Waals surface area (Å²) in [5.74, 6) is -0.310. The van der Waals surface area contributed by atoms with Crippen LogP contribution in [0.2, 0.25) is 0 Å². The van der Waals surface area contributed by atoms with E-state index in [1.807, 2.05) is 32.9 Å². The summed E-state index contributed by atoms with van der Waals surface area (Å²) in [4.78, 5) is 0. The third-order valence-electron chi connectivity index (χ3n) is 3.80. The standard InChI is InChI=1S/C19H18F2O/c1-12-11-19(2,3)22-17-6-4-5-14(18(12)17)9-13-7-8-15(20)10-16(13)21/h4,6-11H,5H2,1-3H3. The number of rotatable bonds is 1. The van der Waals surface area contributed by atoms with Gasteiger partial charge in [0, 0.05) is 17.2 Å². The maximum absolute atomic E-state index is 13.9. The molecule has 1 aliphatic carbocycles. The number of allylic oxidation sites excluding steroid dienone is 5. The zero-order valence-corrected chi connectivity index (χ0v) is 12.9. The van der Waals surface area contributed by atoms with Gasteiger partial charge < -0.3 is 4.74 Å². The lowest BCUT2D eigenvalue weighted by Crippen LogP contribution is -2.26. The molecule has 0 N–H and O–H groups in total. The normalized spacial score (nSPS) is 21.5. The maximum atomic E-state index is 13.9. The second kappa shape index (κ2) is 5.24. The van der Waals surface area contributed by atoms with Crippen LogP contribution >= 0.6 is 0 Å². The van der Waals surface area contributed by atoms with Crippen LogP contribution in [0.3, 0.4) is 0 Å². The second-order valence-corrected chi connectivity index (χ2v) is 6.21. The summed E-state index contributed by atoms with van der Waals surface area (Å²) in [6.45, 7) is 6.05. The smallest absolute Gasteiger partial charge is 0.133 e. The Hall–Kier alpha value is -2.16. The Labute approximate surface area is 129 Å². The fourth-order valence-electron chi connectivity index (χ4n) is 3.01. The molecule has 0 amide bonds. The van der Waals surface area contributed by atoms with E-state index < -0.39 is 11.6 Å². The average Bonchev–Trinajstić information content (AvgIpc) is 2.40. The van der Waals surface area contributed by atoms with Gasteiger partial charge in [0.05, 0.1) is 0 Å². The average molecular weight is 300 g/mol. The van der Waals surface area contributed by atoms with E-state index in [2.05, 4.69) is 6.08 Å². The van der Waals surface area contributed by atoms with Gasteiger partial charge in [-0.3, -0.25) is 0 Å². The van der Waals surface area contributed by atoms with E-state index in [0.29, 0.717) is 12.0 Å². The molecule has 2 aliphatic rings. The zero-order valence-electron chi connectivity index (χ0n) is 12.9. The van der Waals surface area contributed by atoms with Gasteiger partial charge in [-0.05, 0) is 68.7 Å². The van der Waals surface area contributed by atoms with Gasteiger partial charge in [0.25, 0.3) is 0 Å². The summed E-state index contributed by atoms with van der Waals surface area (Å²) in [5.41, 5.74) is 3.13. The molecule has 1 nitrogen and oxygen atoms in total. The Balaban J connectivity index is 2.06. The van der Waals surface area contributed by atoms with Gasteiger partial charge in [-0.15, -0.1) is 0 Å². The van der Waals surface area contributed by atoms with Crippen molar-refractivity contribution in [2.45, 2.75) is 32.8 Å². The first-order valence-electron chi connectivity index (χ1n) is 7.31. The number of benzene rings is 1. The van der Waals surface area contributed by atoms with Crippen LogP contribution in [0.25, 0.3) is 6.08 Å². The summed E-state index contributed by atoms with van der Waals surface area (Å²) in [6, 6.07) is 3.64. The highest BCUT2D eigenvalue weighted by molar-refractivity contribution is 5.67.